The van der Waals surface area contributed by atoms with Crippen LogP contribution in [0.2, 0.25) is 0 Å². The molecule has 11 nitrogen and oxygen atoms in total. The lowest BCUT2D eigenvalue weighted by atomic mass is 10.0. The topological polar surface area (TPSA) is 147 Å². The van der Waals surface area contributed by atoms with Gasteiger partial charge in [0.2, 0.25) is 0 Å². The molecule has 3 aromatic heterocycles. The van der Waals surface area contributed by atoms with Crippen molar-refractivity contribution in [1.29, 1.82) is 0 Å². The van der Waals surface area contributed by atoms with E-state index in [-0.39, 0.29) is 36.4 Å². The lowest BCUT2D eigenvalue weighted by Crippen LogP contribution is -2.47. The van der Waals surface area contributed by atoms with Gasteiger partial charge in [0.1, 0.15) is 10.7 Å². The van der Waals surface area contributed by atoms with E-state index in [0.717, 1.165) is 35.2 Å². The monoisotopic (exact) mass is 654 g/mol. The van der Waals surface area contributed by atoms with Crippen LogP contribution < -0.4 is 5.32 Å². The van der Waals surface area contributed by atoms with Crippen molar-refractivity contribution in [1.82, 2.24) is 20.3 Å². The maximum absolute atomic E-state index is 12.1. The van der Waals surface area contributed by atoms with Crippen LogP contribution in [0.15, 0.2) is 48.8 Å². The molecule has 1 N–H and O–H groups in total. The first kappa shape index (κ1) is 38.2. The van der Waals surface area contributed by atoms with E-state index in [1.165, 1.54) is 36.4 Å². The molecule has 0 saturated carbocycles. The van der Waals surface area contributed by atoms with Crippen molar-refractivity contribution in [2.24, 2.45) is 11.8 Å². The van der Waals surface area contributed by atoms with Gasteiger partial charge in [0.15, 0.2) is 17.5 Å². The van der Waals surface area contributed by atoms with Gasteiger partial charge in [-0.25, -0.2) is 14.6 Å². The fourth-order valence-corrected chi connectivity index (χ4v) is 5.29. The number of nitrogens with zero attached hydrogens (tertiary/aromatic N) is 3. The Hall–Kier alpha value is -4.03. The number of esters is 2. The standard InChI is InChI=1S/C15H20N2O4.C15H18N2O2S.C4H8O/c1-4-21-15(20)13(12(18)9-10(2)3)17-14(19)11-7-5-6-8-16-11;1-4-19-15(18)13-12(9-10(2)3)20-14(17-13)11-7-5-6-8-16-11;1-2-4-5-3-1/h5-8,10,13H,4,9H2,1-3H3,(H,17,19);5-8,10H,4,9H2,1-3H3;1-4H2. The zero-order valence-electron chi connectivity index (χ0n) is 27.6. The summed E-state index contributed by atoms with van der Waals surface area (Å²) in [6.07, 6.45) is 6.75. The molecule has 250 valence electrons. The fourth-order valence-electron chi connectivity index (χ4n) is 4.05. The van der Waals surface area contributed by atoms with E-state index in [0.29, 0.717) is 18.2 Å². The number of carbonyl (C=O) groups excluding carboxylic acids is 4. The van der Waals surface area contributed by atoms with Gasteiger partial charge >= 0.3 is 11.9 Å². The second kappa shape index (κ2) is 20.9. The molecule has 1 aliphatic heterocycles. The summed E-state index contributed by atoms with van der Waals surface area (Å²) in [5, 5.41) is 3.17. The summed E-state index contributed by atoms with van der Waals surface area (Å²) < 4.78 is 14.9. The number of hydrogen-bond acceptors (Lipinski definition) is 11. The minimum absolute atomic E-state index is 0.0844. The highest BCUT2D eigenvalue weighted by molar-refractivity contribution is 7.15. The van der Waals surface area contributed by atoms with E-state index < -0.39 is 17.9 Å². The van der Waals surface area contributed by atoms with Gasteiger partial charge in [-0.15, -0.1) is 11.3 Å². The average Bonchev–Trinajstić information content (AvgIpc) is 3.75. The predicted octanol–water partition coefficient (Wildman–Crippen LogP) is 5.74. The number of nitrogens with one attached hydrogen (secondary N) is 1. The molecule has 0 spiro atoms. The normalized spacial score (nSPS) is 12.7. The molecule has 3 aromatic rings. The van der Waals surface area contributed by atoms with Crippen LogP contribution >= 0.6 is 11.3 Å². The number of hydrogen-bond donors (Lipinski definition) is 1. The summed E-state index contributed by atoms with van der Waals surface area (Å²) in [5.74, 6) is -1.49. The Morgan fingerprint density at radius 1 is 0.891 bits per heavy atom. The van der Waals surface area contributed by atoms with Crippen molar-refractivity contribution < 1.29 is 33.4 Å². The molecule has 12 heteroatoms. The Labute approximate surface area is 275 Å². The molecule has 0 radical (unpaired) electrons. The third-order valence-electron chi connectivity index (χ3n) is 6.10. The zero-order chi connectivity index (χ0) is 33.9. The van der Waals surface area contributed by atoms with Gasteiger partial charge in [0.25, 0.3) is 5.91 Å². The summed E-state index contributed by atoms with van der Waals surface area (Å²) in [6.45, 7) is 13.9. The van der Waals surface area contributed by atoms with Crippen LogP contribution in [0.5, 0.6) is 0 Å². The highest BCUT2D eigenvalue weighted by atomic mass is 32.1. The van der Waals surface area contributed by atoms with Gasteiger partial charge in [0.05, 0.1) is 18.9 Å². The van der Waals surface area contributed by atoms with E-state index in [9.17, 15) is 19.2 Å². The Bertz CT molecular complexity index is 1350. The minimum Gasteiger partial charge on any atom is -0.464 e. The van der Waals surface area contributed by atoms with Crippen molar-refractivity contribution in [2.75, 3.05) is 26.4 Å². The predicted molar refractivity (Wildman–Crippen MR) is 176 cm³/mol. The van der Waals surface area contributed by atoms with Crippen LogP contribution in [-0.4, -0.2) is 71.1 Å². The number of aromatic nitrogens is 3. The summed E-state index contributed by atoms with van der Waals surface area (Å²) in [7, 11) is 0. The molecule has 1 amide bonds. The summed E-state index contributed by atoms with van der Waals surface area (Å²) >= 11 is 1.52. The van der Waals surface area contributed by atoms with Gasteiger partial charge in [-0.05, 0) is 69.2 Å². The van der Waals surface area contributed by atoms with Gasteiger partial charge in [-0.2, -0.15) is 0 Å². The van der Waals surface area contributed by atoms with Crippen molar-refractivity contribution in [3.8, 4) is 10.7 Å². The first-order chi connectivity index (χ1) is 22.1. The lowest BCUT2D eigenvalue weighted by Gasteiger charge is -2.17. The summed E-state index contributed by atoms with van der Waals surface area (Å²) in [5.41, 5.74) is 1.37. The number of ketones is 1. The van der Waals surface area contributed by atoms with Crippen molar-refractivity contribution in [3.63, 3.8) is 0 Å². The van der Waals surface area contributed by atoms with Crippen LogP contribution in [0, 0.1) is 11.8 Å². The number of carbonyl (C=O) groups is 4. The molecule has 1 saturated heterocycles. The van der Waals surface area contributed by atoms with E-state index in [2.05, 4.69) is 34.1 Å². The molecule has 0 aromatic carbocycles. The Morgan fingerprint density at radius 2 is 1.54 bits per heavy atom. The van der Waals surface area contributed by atoms with E-state index in [4.69, 9.17) is 14.2 Å². The molecule has 46 heavy (non-hydrogen) atoms. The second-order valence-corrected chi connectivity index (χ2v) is 12.2. The summed E-state index contributed by atoms with van der Waals surface area (Å²) in [4.78, 5) is 61.5. The third kappa shape index (κ3) is 13.5. The van der Waals surface area contributed by atoms with Crippen LogP contribution in [-0.2, 0) is 30.2 Å². The van der Waals surface area contributed by atoms with Crippen LogP contribution in [0.1, 0.15) is 86.7 Å². The number of pyridine rings is 2. The third-order valence-corrected chi connectivity index (χ3v) is 7.20. The minimum atomic E-state index is -1.29. The maximum Gasteiger partial charge on any atom is 0.358 e. The SMILES string of the molecule is C1CCOC1.CCOC(=O)C(NC(=O)c1ccccn1)C(=O)CC(C)C.CCOC(=O)c1nc(-c2ccccn2)sc1CC(C)C. The fraction of sp³-hybridized carbons (Fsp3) is 0.500. The average molecular weight is 655 g/mol. The summed E-state index contributed by atoms with van der Waals surface area (Å²) in [6, 6.07) is 9.20. The molecule has 1 atom stereocenters. The van der Waals surface area contributed by atoms with Crippen molar-refractivity contribution in [2.45, 2.75) is 73.3 Å². The Morgan fingerprint density at radius 3 is 2.04 bits per heavy atom. The zero-order valence-corrected chi connectivity index (χ0v) is 28.4. The van der Waals surface area contributed by atoms with E-state index >= 15 is 0 Å². The van der Waals surface area contributed by atoms with Crippen LogP contribution in [0.3, 0.4) is 0 Å². The molecule has 4 heterocycles. The number of Topliss-reactive ketones (excluding diaryl/α,β-unsaturated/α-hetero) is 1. The molecule has 1 fully saturated rings. The molecular formula is C34H46N4O7S. The highest BCUT2D eigenvalue weighted by Crippen LogP contribution is 2.29. The van der Waals surface area contributed by atoms with Gasteiger partial charge in [-0.3, -0.25) is 19.6 Å². The molecule has 1 unspecified atom stereocenters. The Kier molecular flexibility index (Phi) is 17.3. The highest BCUT2D eigenvalue weighted by Gasteiger charge is 2.30. The van der Waals surface area contributed by atoms with E-state index in [1.54, 1.807) is 32.2 Å². The number of ether oxygens (including phenoxy) is 3. The van der Waals surface area contributed by atoms with Crippen molar-refractivity contribution in [3.05, 3.63) is 65.1 Å². The second-order valence-electron chi connectivity index (χ2n) is 11.1. The van der Waals surface area contributed by atoms with Crippen LogP contribution in [0.25, 0.3) is 10.7 Å². The maximum atomic E-state index is 12.1. The number of thiazole rings is 1. The quantitative estimate of drug-likeness (QED) is 0.190. The first-order valence-corrected chi connectivity index (χ1v) is 16.5. The van der Waals surface area contributed by atoms with Gasteiger partial charge in [0, 0.05) is 36.9 Å². The van der Waals surface area contributed by atoms with Crippen molar-refractivity contribution >= 4 is 35.0 Å². The molecule has 0 bridgehead atoms. The molecule has 0 aliphatic carbocycles. The van der Waals surface area contributed by atoms with Crippen LogP contribution in [0.4, 0.5) is 0 Å². The molecule has 4 rings (SSSR count). The largest absolute Gasteiger partial charge is 0.464 e. The lowest BCUT2D eigenvalue weighted by molar-refractivity contribution is -0.148. The Balaban J connectivity index is 0.000000277. The van der Waals surface area contributed by atoms with E-state index in [1.807, 2.05) is 32.0 Å². The molecule has 1 aliphatic rings. The molecular weight excluding hydrogens is 608 g/mol. The van der Waals surface area contributed by atoms with Gasteiger partial charge < -0.3 is 19.5 Å². The number of rotatable bonds is 12. The van der Waals surface area contributed by atoms with Gasteiger partial charge in [-0.1, -0.05) is 39.8 Å². The number of amides is 1. The first-order valence-electron chi connectivity index (χ1n) is 15.6. The smallest absolute Gasteiger partial charge is 0.358 e.